The summed E-state index contributed by atoms with van der Waals surface area (Å²) in [5.41, 5.74) is -3.96. The fourth-order valence-electron chi connectivity index (χ4n) is 4.83. The summed E-state index contributed by atoms with van der Waals surface area (Å²) in [5.74, 6) is -0.721. The first-order valence-corrected chi connectivity index (χ1v) is 16.6. The molecule has 0 aliphatic carbocycles. The van der Waals surface area contributed by atoms with Crippen LogP contribution in [-0.4, -0.2) is 74.3 Å². The Morgan fingerprint density at radius 1 is 1.05 bits per heavy atom. The Bertz CT molecular complexity index is 1880. The van der Waals surface area contributed by atoms with Crippen molar-refractivity contribution in [1.29, 1.82) is 0 Å². The van der Waals surface area contributed by atoms with E-state index in [0.29, 0.717) is 10.6 Å². The van der Waals surface area contributed by atoms with Crippen LogP contribution in [0.15, 0.2) is 38.8 Å². The molecule has 1 aliphatic rings. The quantitative estimate of drug-likeness (QED) is 0.370. The third-order valence-electron chi connectivity index (χ3n) is 7.11. The zero-order valence-electron chi connectivity index (χ0n) is 22.6. The molecule has 3 aromatic rings. The summed E-state index contributed by atoms with van der Waals surface area (Å²) in [4.78, 5) is 30.2. The second-order valence-electron chi connectivity index (χ2n) is 10.2. The molecule has 0 saturated carbocycles. The lowest BCUT2D eigenvalue weighted by atomic mass is 9.98. The van der Waals surface area contributed by atoms with Gasteiger partial charge >= 0.3 is 11.9 Å². The molecule has 4 rings (SSSR count). The van der Waals surface area contributed by atoms with Crippen LogP contribution in [0.2, 0.25) is 10.0 Å². The minimum atomic E-state index is -4.92. The maximum Gasteiger partial charge on any atom is 0.416 e. The van der Waals surface area contributed by atoms with Gasteiger partial charge in [0.15, 0.2) is 9.84 Å². The largest absolute Gasteiger partial charge is 0.416 e. The Hall–Kier alpha value is -2.43. The van der Waals surface area contributed by atoms with Gasteiger partial charge in [0, 0.05) is 38.8 Å². The molecule has 2 heterocycles. The highest BCUT2D eigenvalue weighted by atomic mass is 35.5. The van der Waals surface area contributed by atoms with Crippen molar-refractivity contribution in [3.8, 4) is 0 Å². The first-order chi connectivity index (χ1) is 19.4. The van der Waals surface area contributed by atoms with E-state index in [4.69, 9.17) is 23.2 Å². The highest BCUT2D eigenvalue weighted by molar-refractivity contribution is 7.91. The summed E-state index contributed by atoms with van der Waals surface area (Å²) < 4.78 is 93.7. The Morgan fingerprint density at radius 2 is 1.69 bits per heavy atom. The van der Waals surface area contributed by atoms with Crippen LogP contribution >= 0.6 is 23.2 Å². The van der Waals surface area contributed by atoms with Gasteiger partial charge in [-0.05, 0) is 41.3 Å². The first-order valence-electron chi connectivity index (χ1n) is 12.5. The summed E-state index contributed by atoms with van der Waals surface area (Å²) in [6, 6.07) is 4.44. The maximum absolute atomic E-state index is 14.2. The highest BCUT2D eigenvalue weighted by Crippen LogP contribution is 2.39. The van der Waals surface area contributed by atoms with Gasteiger partial charge in [0.1, 0.15) is 0 Å². The number of nitrogens with zero attached hydrogens (tertiary/aromatic N) is 3. The number of sulfonamides is 1. The number of aromatic amines is 1. The average Bonchev–Trinajstić information content (AvgIpc) is 2.85. The Kier molecular flexibility index (Phi) is 8.96. The van der Waals surface area contributed by atoms with Gasteiger partial charge in [-0.2, -0.15) is 13.2 Å². The van der Waals surface area contributed by atoms with Crippen LogP contribution < -0.4 is 11.2 Å². The van der Waals surface area contributed by atoms with E-state index < -0.39 is 59.8 Å². The number of rotatable bonds is 9. The molecular weight excluding hydrogens is 644 g/mol. The molecule has 0 unspecified atom stereocenters. The lowest BCUT2D eigenvalue weighted by Gasteiger charge is -2.40. The van der Waals surface area contributed by atoms with Crippen molar-refractivity contribution in [3.63, 3.8) is 0 Å². The van der Waals surface area contributed by atoms with E-state index in [1.807, 2.05) is 0 Å². The summed E-state index contributed by atoms with van der Waals surface area (Å²) in [7, 11) is -4.50. The molecule has 17 heteroatoms. The third kappa shape index (κ3) is 6.40. The average molecular weight is 672 g/mol. The number of sulfone groups is 1. The monoisotopic (exact) mass is 670 g/mol. The standard InChI is InChI=1S/C25H27Cl2F3N4O6S2/c1-4-41(37,38)20-6-5-16(26)7-15(20)11-34-23(35)17-8-19(25(28,29)30)18(21(27)22(17)31-24(34)36)12-33-9-14(10-33)13-42(39,40)32(2)3/h5-8,14H,4,9-13H2,1-3H3,(H,31,36). The molecule has 1 fully saturated rings. The summed E-state index contributed by atoms with van der Waals surface area (Å²) in [6.07, 6.45) is -4.92. The van der Waals surface area contributed by atoms with E-state index in [9.17, 15) is 39.6 Å². The fraction of sp³-hybridized carbons (Fsp3) is 0.440. The predicted molar refractivity (Wildman–Crippen MR) is 153 cm³/mol. The molecular formula is C25H27Cl2F3N4O6S2. The number of halogens is 5. The maximum atomic E-state index is 14.2. The number of fused-ring (bicyclic) bond motifs is 1. The van der Waals surface area contributed by atoms with Gasteiger partial charge < -0.3 is 4.98 Å². The van der Waals surface area contributed by atoms with Crippen molar-refractivity contribution >= 4 is 54.0 Å². The smallest absolute Gasteiger partial charge is 0.305 e. The van der Waals surface area contributed by atoms with Crippen molar-refractivity contribution in [3.05, 3.63) is 71.8 Å². The SMILES string of the molecule is CCS(=O)(=O)c1ccc(Cl)cc1Cn1c(=O)[nH]c2c(Cl)c(CN3CC(CS(=O)(=O)N(C)C)C3)c(C(F)(F)F)cc2c1=O. The van der Waals surface area contributed by atoms with Crippen LogP contribution in [0.5, 0.6) is 0 Å². The minimum Gasteiger partial charge on any atom is -0.305 e. The molecule has 2 aromatic carbocycles. The topological polar surface area (TPSA) is 130 Å². The first kappa shape index (κ1) is 32.5. The molecule has 1 aliphatic heterocycles. The molecule has 0 spiro atoms. The number of benzene rings is 2. The van der Waals surface area contributed by atoms with Gasteiger partial charge in [-0.3, -0.25) is 14.3 Å². The van der Waals surface area contributed by atoms with E-state index in [1.54, 1.807) is 4.90 Å². The lowest BCUT2D eigenvalue weighted by molar-refractivity contribution is -0.138. The summed E-state index contributed by atoms with van der Waals surface area (Å²) in [6.45, 7) is 0.949. The van der Waals surface area contributed by atoms with E-state index in [-0.39, 0.29) is 63.6 Å². The second-order valence-corrected chi connectivity index (χ2v) is 15.5. The molecule has 0 radical (unpaired) electrons. The van der Waals surface area contributed by atoms with Crippen LogP contribution in [-0.2, 0) is 39.1 Å². The van der Waals surface area contributed by atoms with Gasteiger partial charge in [0.05, 0.1) is 44.4 Å². The lowest BCUT2D eigenvalue weighted by Crippen LogP contribution is -2.50. The number of H-pyrrole nitrogens is 1. The van der Waals surface area contributed by atoms with Gasteiger partial charge in [-0.15, -0.1) is 0 Å². The molecule has 1 saturated heterocycles. The van der Waals surface area contributed by atoms with Crippen molar-refractivity contribution in [2.45, 2.75) is 31.1 Å². The number of alkyl halides is 3. The molecule has 42 heavy (non-hydrogen) atoms. The Balaban J connectivity index is 1.76. The molecule has 1 aromatic heterocycles. The minimum absolute atomic E-state index is 0.0127. The van der Waals surface area contributed by atoms with Crippen LogP contribution in [0.3, 0.4) is 0 Å². The van der Waals surface area contributed by atoms with E-state index in [2.05, 4.69) is 4.98 Å². The number of hydrogen-bond donors (Lipinski definition) is 1. The fourth-order valence-corrected chi connectivity index (χ4v) is 7.55. The van der Waals surface area contributed by atoms with Crippen LogP contribution in [0.1, 0.15) is 23.6 Å². The van der Waals surface area contributed by atoms with Crippen LogP contribution in [0.4, 0.5) is 13.2 Å². The number of hydrogen-bond acceptors (Lipinski definition) is 7. The molecule has 0 amide bonds. The van der Waals surface area contributed by atoms with Gasteiger partial charge in [0.2, 0.25) is 10.0 Å². The predicted octanol–water partition coefficient (Wildman–Crippen LogP) is 3.18. The normalized spacial score (nSPS) is 15.5. The zero-order valence-corrected chi connectivity index (χ0v) is 25.8. The van der Waals surface area contributed by atoms with E-state index in [0.717, 1.165) is 4.31 Å². The molecule has 0 bridgehead atoms. The van der Waals surface area contributed by atoms with Gasteiger partial charge in [0.25, 0.3) is 5.56 Å². The number of aromatic nitrogens is 2. The van der Waals surface area contributed by atoms with E-state index in [1.165, 1.54) is 39.2 Å². The molecule has 1 N–H and O–H groups in total. The molecule has 10 nitrogen and oxygen atoms in total. The molecule has 0 atom stereocenters. The van der Waals surface area contributed by atoms with Crippen molar-refractivity contribution in [2.24, 2.45) is 5.92 Å². The Labute approximate surface area is 249 Å². The third-order valence-corrected chi connectivity index (χ3v) is 11.6. The summed E-state index contributed by atoms with van der Waals surface area (Å²) >= 11 is 12.4. The highest BCUT2D eigenvalue weighted by Gasteiger charge is 2.38. The second kappa shape index (κ2) is 11.6. The van der Waals surface area contributed by atoms with Gasteiger partial charge in [-0.1, -0.05) is 30.1 Å². The zero-order chi connectivity index (χ0) is 31.4. The van der Waals surface area contributed by atoms with Crippen molar-refractivity contribution in [2.75, 3.05) is 38.7 Å². The molecule has 230 valence electrons. The summed E-state index contributed by atoms with van der Waals surface area (Å²) in [5, 5.41) is -0.858. The van der Waals surface area contributed by atoms with Crippen molar-refractivity contribution in [1.82, 2.24) is 18.8 Å². The van der Waals surface area contributed by atoms with Crippen molar-refractivity contribution < 1.29 is 30.0 Å². The van der Waals surface area contributed by atoms with Crippen LogP contribution in [0, 0.1) is 5.92 Å². The van der Waals surface area contributed by atoms with E-state index >= 15 is 0 Å². The number of nitrogens with one attached hydrogen (secondary N) is 1. The number of likely N-dealkylation sites (tertiary alicyclic amines) is 1. The Morgan fingerprint density at radius 3 is 2.26 bits per heavy atom. The van der Waals surface area contributed by atoms with Crippen LogP contribution in [0.25, 0.3) is 10.9 Å². The van der Waals surface area contributed by atoms with Gasteiger partial charge in [-0.25, -0.2) is 25.9 Å².